The van der Waals surface area contributed by atoms with Crippen molar-refractivity contribution in [3.63, 3.8) is 0 Å². The second-order valence-corrected chi connectivity index (χ2v) is 21.2. The van der Waals surface area contributed by atoms with Crippen molar-refractivity contribution in [1.82, 2.24) is 15.2 Å². The summed E-state index contributed by atoms with van der Waals surface area (Å²) in [5.74, 6) is 1.47. The zero-order valence-corrected chi connectivity index (χ0v) is 39.4. The van der Waals surface area contributed by atoms with Crippen molar-refractivity contribution < 1.29 is 4.42 Å². The molecule has 2 aromatic heterocycles. The smallest absolute Gasteiger partial charge is 0.135 e. The SMILES string of the molecule is CC1(C)C2=C(c3c(n(-c4cc(N5C6=C(C=CCC6)C6C=CC=CC65)c(C#N)cc4C4C=CC(C5C=c6c(oc7ccccc67)=CC5)NC(c5ccccc5)N4)c4ccccc34)CC2)C2C=CCCC21. The van der Waals surface area contributed by atoms with E-state index in [1.165, 1.54) is 50.6 Å². The van der Waals surface area contributed by atoms with Crippen LogP contribution in [0.4, 0.5) is 5.69 Å². The number of furan rings is 1. The fourth-order valence-corrected chi connectivity index (χ4v) is 14.3. The second-order valence-electron chi connectivity index (χ2n) is 21.2. The first-order chi connectivity index (χ1) is 33.9. The van der Waals surface area contributed by atoms with Crippen LogP contribution in [0.3, 0.4) is 0 Å². The average Bonchev–Trinajstić information content (AvgIpc) is 4.06. The summed E-state index contributed by atoms with van der Waals surface area (Å²) in [6.45, 7) is 5.05. The molecule has 0 amide bonds. The van der Waals surface area contributed by atoms with Gasteiger partial charge in [-0.3, -0.25) is 10.6 Å². The first kappa shape index (κ1) is 41.1. The van der Waals surface area contributed by atoms with Crippen molar-refractivity contribution in [1.29, 1.82) is 5.26 Å². The van der Waals surface area contributed by atoms with Gasteiger partial charge >= 0.3 is 0 Å². The van der Waals surface area contributed by atoms with Gasteiger partial charge in [0.2, 0.25) is 0 Å². The van der Waals surface area contributed by atoms with Gasteiger partial charge in [-0.2, -0.15) is 5.26 Å². The lowest BCUT2D eigenvalue weighted by Gasteiger charge is -2.34. The van der Waals surface area contributed by atoms with E-state index in [0.29, 0.717) is 17.4 Å². The number of allylic oxidation sites excluding steroid dienone is 9. The van der Waals surface area contributed by atoms with Crippen molar-refractivity contribution in [3.05, 3.63) is 207 Å². The molecule has 2 N–H and O–H groups in total. The maximum atomic E-state index is 11.5. The summed E-state index contributed by atoms with van der Waals surface area (Å²) in [6.07, 6.45) is 35.3. The van der Waals surface area contributed by atoms with Gasteiger partial charge in [0.25, 0.3) is 0 Å². The lowest BCUT2D eigenvalue weighted by molar-refractivity contribution is 0.234. The molecule has 8 atom stereocenters. The molecule has 69 heavy (non-hydrogen) atoms. The van der Waals surface area contributed by atoms with E-state index in [1.807, 2.05) is 6.07 Å². The Balaban J connectivity index is 0.991. The first-order valence-electron chi connectivity index (χ1n) is 25.5. The molecule has 6 aliphatic carbocycles. The Bertz CT molecular complexity index is 3540. The molecule has 340 valence electrons. The molecule has 0 radical (unpaired) electrons. The van der Waals surface area contributed by atoms with Crippen LogP contribution in [0.25, 0.3) is 45.3 Å². The summed E-state index contributed by atoms with van der Waals surface area (Å²) in [7, 11) is 0. The van der Waals surface area contributed by atoms with Crippen molar-refractivity contribution in [3.8, 4) is 11.8 Å². The molecule has 4 heterocycles. The summed E-state index contributed by atoms with van der Waals surface area (Å²) in [5, 5.41) is 23.4. The highest BCUT2D eigenvalue weighted by Crippen LogP contribution is 2.62. The minimum atomic E-state index is -0.232. The molecule has 0 saturated heterocycles. The quantitative estimate of drug-likeness (QED) is 0.169. The van der Waals surface area contributed by atoms with E-state index in [1.54, 1.807) is 11.1 Å². The normalized spacial score (nSPS) is 28.1. The zero-order chi connectivity index (χ0) is 46.0. The Morgan fingerprint density at radius 2 is 1.62 bits per heavy atom. The number of rotatable bonds is 5. The van der Waals surface area contributed by atoms with Crippen molar-refractivity contribution in [2.45, 2.75) is 83.1 Å². The average molecular weight is 900 g/mol. The zero-order valence-electron chi connectivity index (χ0n) is 39.4. The Kier molecular flexibility index (Phi) is 9.42. The van der Waals surface area contributed by atoms with Gasteiger partial charge in [0, 0.05) is 56.7 Å². The summed E-state index contributed by atoms with van der Waals surface area (Å²) >= 11 is 0. The Morgan fingerprint density at radius 3 is 2.52 bits per heavy atom. The van der Waals surface area contributed by atoms with E-state index in [-0.39, 0.29) is 41.5 Å². The molecule has 0 bridgehead atoms. The highest BCUT2D eigenvalue weighted by Gasteiger charge is 2.50. The molecule has 8 unspecified atom stereocenters. The maximum Gasteiger partial charge on any atom is 0.135 e. The first-order valence-corrected chi connectivity index (χ1v) is 25.5. The van der Waals surface area contributed by atoms with Crippen LogP contribution in [-0.4, -0.2) is 16.7 Å². The number of anilines is 1. The van der Waals surface area contributed by atoms with E-state index in [4.69, 9.17) is 4.42 Å². The second kappa shape index (κ2) is 15.8. The number of aromatic nitrogens is 1. The Morgan fingerprint density at radius 1 is 0.783 bits per heavy atom. The van der Waals surface area contributed by atoms with Gasteiger partial charge < -0.3 is 13.9 Å². The van der Waals surface area contributed by atoms with E-state index < -0.39 is 0 Å². The van der Waals surface area contributed by atoms with Gasteiger partial charge in [-0.15, -0.1) is 0 Å². The molecule has 0 saturated carbocycles. The van der Waals surface area contributed by atoms with Crippen LogP contribution in [0.2, 0.25) is 0 Å². The van der Waals surface area contributed by atoms with Crippen LogP contribution in [0, 0.1) is 40.4 Å². The number of hydrogen-bond donors (Lipinski definition) is 2. The summed E-state index contributed by atoms with van der Waals surface area (Å²) in [5.41, 5.74) is 17.2. The molecule has 2 aliphatic heterocycles. The van der Waals surface area contributed by atoms with E-state index in [0.717, 1.165) is 71.8 Å². The number of nitrogens with one attached hydrogen (secondary N) is 2. The molecule has 0 spiro atoms. The highest BCUT2D eigenvalue weighted by molar-refractivity contribution is 5.99. The van der Waals surface area contributed by atoms with E-state index in [2.05, 4.69) is 198 Å². The lowest BCUT2D eigenvalue weighted by atomic mass is 9.70. The third kappa shape index (κ3) is 6.23. The van der Waals surface area contributed by atoms with Crippen LogP contribution < -0.4 is 26.2 Å². The minimum Gasteiger partial charge on any atom is -0.456 e. The Labute approximate surface area is 404 Å². The third-order valence-electron chi connectivity index (χ3n) is 17.4. The lowest BCUT2D eigenvalue weighted by Crippen LogP contribution is -2.43. The largest absolute Gasteiger partial charge is 0.456 e. The van der Waals surface area contributed by atoms with Crippen molar-refractivity contribution >= 4 is 45.3 Å². The van der Waals surface area contributed by atoms with Crippen LogP contribution in [0.1, 0.15) is 92.5 Å². The fraction of sp³-hybridized carbons (Fsp3) is 0.286. The molecular formula is C63H57N5O. The molecule has 6 heteroatoms. The van der Waals surface area contributed by atoms with Gasteiger partial charge in [-0.25, -0.2) is 0 Å². The van der Waals surface area contributed by atoms with Crippen molar-refractivity contribution in [2.75, 3.05) is 4.90 Å². The standard InChI is InChI=1S/C63H57N5O/c1-63(2)48-23-11-6-21-44(48)60-49(63)29-32-55-61(60)45-22-9-14-26-54(45)68(55)57-36-56(67-52-24-12-7-18-41(52)42-19-8-13-25-53(42)67)40(37-64)35-47(57)51-31-30-50(65-62(66-51)38-16-4-3-5-17-38)39-28-33-59-46(34-39)43-20-10-15-27-58(43)69-59/h3-10,12,14-22,24,26-27,30-31,33-36,39,41,44,48,50-52,62,65-66H,11,13,23,25,28-29,32H2,1-2H3. The highest BCUT2D eigenvalue weighted by atomic mass is 16.3. The molecule has 8 aliphatic rings. The van der Waals surface area contributed by atoms with Crippen LogP contribution in [0.5, 0.6) is 0 Å². The predicted octanol–water partition coefficient (Wildman–Crippen LogP) is 12.2. The van der Waals surface area contributed by atoms with Gasteiger partial charge in [0.15, 0.2) is 0 Å². The van der Waals surface area contributed by atoms with Gasteiger partial charge in [-0.05, 0) is 109 Å². The number of fused-ring (bicyclic) bond motifs is 11. The monoisotopic (exact) mass is 899 g/mol. The number of nitrogens with zero attached hydrogens (tertiary/aromatic N) is 3. The van der Waals surface area contributed by atoms with Crippen LogP contribution in [0.15, 0.2) is 173 Å². The van der Waals surface area contributed by atoms with E-state index in [9.17, 15) is 5.26 Å². The fourth-order valence-electron chi connectivity index (χ4n) is 14.3. The summed E-state index contributed by atoms with van der Waals surface area (Å²) < 4.78 is 8.97. The van der Waals surface area contributed by atoms with Crippen LogP contribution in [-0.2, 0) is 6.42 Å². The van der Waals surface area contributed by atoms with Gasteiger partial charge in [0.05, 0.1) is 40.7 Å². The van der Waals surface area contributed by atoms with E-state index >= 15 is 0 Å². The third-order valence-corrected chi connectivity index (χ3v) is 17.4. The minimum absolute atomic E-state index is 0.0223. The number of hydrogen-bond acceptors (Lipinski definition) is 5. The van der Waals surface area contributed by atoms with Crippen molar-refractivity contribution in [2.24, 2.45) is 29.1 Å². The number of nitriles is 1. The molecule has 6 nitrogen and oxygen atoms in total. The molecular weight excluding hydrogens is 843 g/mol. The Hall–Kier alpha value is -6.91. The maximum absolute atomic E-state index is 11.5. The molecule has 14 rings (SSSR count). The van der Waals surface area contributed by atoms with Gasteiger partial charge in [-0.1, -0.05) is 153 Å². The summed E-state index contributed by atoms with van der Waals surface area (Å²) in [6, 6.07) is 35.8. The van der Waals surface area contributed by atoms with Gasteiger partial charge in [0.1, 0.15) is 17.1 Å². The van der Waals surface area contributed by atoms with Crippen LogP contribution >= 0.6 is 0 Å². The topological polar surface area (TPSA) is 69.2 Å². The molecule has 4 aromatic carbocycles. The number of para-hydroxylation sites is 2. The molecule has 6 aromatic rings. The predicted molar refractivity (Wildman–Crippen MR) is 279 cm³/mol. The molecule has 0 fully saturated rings. The summed E-state index contributed by atoms with van der Waals surface area (Å²) in [4.78, 5) is 2.54. The number of benzene rings is 4.